The van der Waals surface area contributed by atoms with Crippen molar-refractivity contribution in [3.8, 4) is 5.82 Å². The third-order valence-corrected chi connectivity index (χ3v) is 4.28. The summed E-state index contributed by atoms with van der Waals surface area (Å²) in [6.07, 6.45) is 1.59. The van der Waals surface area contributed by atoms with Crippen molar-refractivity contribution in [3.05, 3.63) is 65.1 Å². The molecule has 4 aromatic rings. The van der Waals surface area contributed by atoms with E-state index in [1.165, 1.54) is 11.8 Å². The first kappa shape index (κ1) is 18.4. The largest absolute Gasteiger partial charge is 0.378 e. The minimum Gasteiger partial charge on any atom is -0.378 e. The Hall–Kier alpha value is -3.92. The highest BCUT2D eigenvalue weighted by Gasteiger charge is 2.23. The van der Waals surface area contributed by atoms with Crippen molar-refractivity contribution in [2.75, 3.05) is 7.11 Å². The van der Waals surface area contributed by atoms with Crippen LogP contribution in [0.4, 0.5) is 0 Å². The van der Waals surface area contributed by atoms with Gasteiger partial charge >= 0.3 is 0 Å². The van der Waals surface area contributed by atoms with E-state index in [1.807, 2.05) is 42.5 Å². The fourth-order valence-electron chi connectivity index (χ4n) is 2.91. The van der Waals surface area contributed by atoms with E-state index >= 15 is 0 Å². The van der Waals surface area contributed by atoms with Crippen LogP contribution in [0.2, 0.25) is 0 Å². The fourth-order valence-corrected chi connectivity index (χ4v) is 2.91. The number of carbonyl (C=O) groups excluding carboxylic acids is 1. The molecule has 10 heteroatoms. The number of nitrogens with zero attached hydrogens (tertiary/aromatic N) is 6. The number of benzene rings is 2. The molecule has 0 bridgehead atoms. The molecule has 146 valence electrons. The summed E-state index contributed by atoms with van der Waals surface area (Å²) in [5.74, 6) is -0.184. The Kier molecular flexibility index (Phi) is 5.08. The van der Waals surface area contributed by atoms with Crippen LogP contribution >= 0.6 is 0 Å². The molecule has 0 saturated carbocycles. The highest BCUT2D eigenvalue weighted by atomic mass is 16.6. The van der Waals surface area contributed by atoms with Crippen molar-refractivity contribution in [1.29, 1.82) is 0 Å². The smallest absolute Gasteiger partial charge is 0.293 e. The second kappa shape index (κ2) is 7.98. The van der Waals surface area contributed by atoms with E-state index in [1.54, 1.807) is 13.1 Å². The van der Waals surface area contributed by atoms with E-state index in [-0.39, 0.29) is 12.3 Å². The van der Waals surface area contributed by atoms with Crippen LogP contribution in [0.15, 0.2) is 52.2 Å². The monoisotopic (exact) mass is 391 g/mol. The SMILES string of the molecule is COCc1c(C(=O)N/N=C/c2cccc3ccccc23)nnn1-c1nonc1C. The third-order valence-electron chi connectivity index (χ3n) is 4.28. The van der Waals surface area contributed by atoms with Crippen molar-refractivity contribution >= 4 is 22.9 Å². The number of nitrogens with one attached hydrogen (secondary N) is 1. The normalized spacial score (nSPS) is 11.4. The van der Waals surface area contributed by atoms with E-state index < -0.39 is 5.91 Å². The summed E-state index contributed by atoms with van der Waals surface area (Å²) in [4.78, 5) is 12.6. The van der Waals surface area contributed by atoms with Gasteiger partial charge < -0.3 is 4.74 Å². The molecule has 1 N–H and O–H groups in total. The molecule has 1 amide bonds. The summed E-state index contributed by atoms with van der Waals surface area (Å²) in [6, 6.07) is 13.8. The minimum absolute atomic E-state index is 0.0734. The van der Waals surface area contributed by atoms with Crippen molar-refractivity contribution in [2.45, 2.75) is 13.5 Å². The van der Waals surface area contributed by atoms with Gasteiger partial charge in [-0.25, -0.2) is 10.1 Å². The van der Waals surface area contributed by atoms with Crippen LogP contribution in [-0.4, -0.2) is 44.5 Å². The highest BCUT2D eigenvalue weighted by molar-refractivity contribution is 6.00. The number of hydrogen-bond donors (Lipinski definition) is 1. The molecule has 0 aliphatic heterocycles. The number of aryl methyl sites for hydroxylation is 1. The maximum atomic E-state index is 12.6. The number of fused-ring (bicyclic) bond motifs is 1. The van der Waals surface area contributed by atoms with Gasteiger partial charge in [-0.2, -0.15) is 9.78 Å². The van der Waals surface area contributed by atoms with Gasteiger partial charge in [-0.3, -0.25) is 4.79 Å². The van der Waals surface area contributed by atoms with Gasteiger partial charge in [0.25, 0.3) is 5.91 Å². The molecule has 10 nitrogen and oxygen atoms in total. The van der Waals surface area contributed by atoms with Crippen molar-refractivity contribution in [3.63, 3.8) is 0 Å². The van der Waals surface area contributed by atoms with Crippen LogP contribution in [0.1, 0.15) is 27.4 Å². The topological polar surface area (TPSA) is 120 Å². The van der Waals surface area contributed by atoms with Crippen LogP contribution in [0.5, 0.6) is 0 Å². The Morgan fingerprint density at radius 1 is 1.24 bits per heavy atom. The van der Waals surface area contributed by atoms with Crippen LogP contribution in [0, 0.1) is 6.92 Å². The molecule has 0 aliphatic rings. The van der Waals surface area contributed by atoms with Gasteiger partial charge in [0, 0.05) is 12.7 Å². The first-order chi connectivity index (χ1) is 14.2. The number of ether oxygens (including phenoxy) is 1. The van der Waals surface area contributed by atoms with Gasteiger partial charge in [0.15, 0.2) is 5.69 Å². The number of carbonyl (C=O) groups is 1. The zero-order valence-electron chi connectivity index (χ0n) is 15.7. The number of rotatable bonds is 6. The molecule has 0 unspecified atom stereocenters. The van der Waals surface area contributed by atoms with Crippen molar-refractivity contribution in [1.82, 2.24) is 30.7 Å². The second-order valence-corrected chi connectivity index (χ2v) is 6.17. The lowest BCUT2D eigenvalue weighted by molar-refractivity contribution is 0.0944. The van der Waals surface area contributed by atoms with E-state index in [4.69, 9.17) is 9.37 Å². The first-order valence-electron chi connectivity index (χ1n) is 8.73. The summed E-state index contributed by atoms with van der Waals surface area (Å²) < 4.78 is 11.2. The predicted molar refractivity (Wildman–Crippen MR) is 104 cm³/mol. The molecule has 0 radical (unpaired) electrons. The molecule has 2 heterocycles. The van der Waals surface area contributed by atoms with Crippen molar-refractivity contribution in [2.24, 2.45) is 5.10 Å². The molecule has 29 heavy (non-hydrogen) atoms. The molecule has 2 aromatic carbocycles. The Labute approximate surface area is 165 Å². The predicted octanol–water partition coefficient (Wildman–Crippen LogP) is 2.02. The molecule has 2 aromatic heterocycles. The average Bonchev–Trinajstić information content (AvgIpc) is 3.34. The molecular weight excluding hydrogens is 374 g/mol. The second-order valence-electron chi connectivity index (χ2n) is 6.17. The zero-order chi connectivity index (χ0) is 20.2. The zero-order valence-corrected chi connectivity index (χ0v) is 15.7. The first-order valence-corrected chi connectivity index (χ1v) is 8.73. The quantitative estimate of drug-likeness (QED) is 0.394. The van der Waals surface area contributed by atoms with Crippen LogP contribution < -0.4 is 5.43 Å². The number of methoxy groups -OCH3 is 1. The lowest BCUT2D eigenvalue weighted by atomic mass is 10.1. The van der Waals surface area contributed by atoms with Gasteiger partial charge in [0.1, 0.15) is 11.4 Å². The summed E-state index contributed by atoms with van der Waals surface area (Å²) in [6.45, 7) is 1.80. The van der Waals surface area contributed by atoms with Gasteiger partial charge in [0.2, 0.25) is 5.82 Å². The lowest BCUT2D eigenvalue weighted by Crippen LogP contribution is -2.20. The van der Waals surface area contributed by atoms with E-state index in [9.17, 15) is 4.79 Å². The molecule has 0 spiro atoms. The fraction of sp³-hybridized carbons (Fsp3) is 0.158. The number of hydrazone groups is 1. The number of hydrogen-bond acceptors (Lipinski definition) is 8. The van der Waals surface area contributed by atoms with Gasteiger partial charge in [0.05, 0.1) is 12.8 Å². The molecular formula is C19H17N7O3. The standard InChI is InChI=1S/C19H17N7O3/c1-12-18(24-29-23-12)26-16(11-28-2)17(21-25-26)19(27)22-20-10-14-8-5-7-13-6-3-4-9-15(13)14/h3-10H,11H2,1-2H3,(H,22,27)/b20-10+. The van der Waals surface area contributed by atoms with Gasteiger partial charge in [-0.05, 0) is 22.9 Å². The molecule has 0 atom stereocenters. The van der Waals surface area contributed by atoms with E-state index in [2.05, 4.69) is 31.2 Å². The summed E-state index contributed by atoms with van der Waals surface area (Å²) in [5.41, 5.74) is 4.35. The van der Waals surface area contributed by atoms with Crippen LogP contribution in [-0.2, 0) is 11.3 Å². The summed E-state index contributed by atoms with van der Waals surface area (Å²) >= 11 is 0. The average molecular weight is 391 g/mol. The van der Waals surface area contributed by atoms with E-state index in [0.717, 1.165) is 16.3 Å². The Bertz CT molecular complexity index is 1190. The van der Waals surface area contributed by atoms with Crippen LogP contribution in [0.25, 0.3) is 16.6 Å². The number of aromatic nitrogens is 5. The molecule has 0 fully saturated rings. The van der Waals surface area contributed by atoms with Crippen LogP contribution in [0.3, 0.4) is 0 Å². The summed E-state index contributed by atoms with van der Waals surface area (Å²) in [7, 11) is 1.51. The minimum atomic E-state index is -0.520. The lowest BCUT2D eigenvalue weighted by Gasteiger charge is -2.04. The Morgan fingerprint density at radius 2 is 2.07 bits per heavy atom. The third kappa shape index (κ3) is 3.60. The number of amides is 1. The highest BCUT2D eigenvalue weighted by Crippen LogP contribution is 2.17. The van der Waals surface area contributed by atoms with Gasteiger partial charge in [-0.15, -0.1) is 5.10 Å². The Balaban J connectivity index is 1.58. The molecule has 4 rings (SSSR count). The molecule has 0 saturated heterocycles. The summed E-state index contributed by atoms with van der Waals surface area (Å²) in [5, 5.41) is 21.6. The van der Waals surface area contributed by atoms with Crippen molar-refractivity contribution < 1.29 is 14.2 Å². The Morgan fingerprint density at radius 3 is 2.86 bits per heavy atom. The maximum Gasteiger partial charge on any atom is 0.293 e. The maximum absolute atomic E-state index is 12.6. The van der Waals surface area contributed by atoms with Gasteiger partial charge in [-0.1, -0.05) is 52.8 Å². The molecule has 0 aliphatic carbocycles. The van der Waals surface area contributed by atoms with E-state index in [0.29, 0.717) is 17.2 Å².